The number of aromatic nitrogens is 5. The maximum Gasteiger partial charge on any atom is 0.245 e. The molecule has 0 aliphatic carbocycles. The fraction of sp³-hybridized carbons (Fsp3) is 0.571. The van der Waals surface area contributed by atoms with Gasteiger partial charge in [0.15, 0.2) is 0 Å². The summed E-state index contributed by atoms with van der Waals surface area (Å²) in [5.74, 6) is 2.34. The molecule has 0 aromatic carbocycles. The molecule has 1 aliphatic heterocycles. The molecule has 1 atom stereocenters. The predicted octanol–water partition coefficient (Wildman–Crippen LogP) is 1.28. The maximum absolute atomic E-state index is 12.6. The number of rotatable bonds is 3. The Hall–Kier alpha value is -2.18. The van der Waals surface area contributed by atoms with Gasteiger partial charge in [0.05, 0.1) is 0 Å². The molecule has 3 rings (SSSR count). The number of imidazole rings is 1. The van der Waals surface area contributed by atoms with Gasteiger partial charge >= 0.3 is 0 Å². The first-order chi connectivity index (χ1) is 10.2. The number of carbonyl (C=O) groups is 1. The second kappa shape index (κ2) is 5.67. The Morgan fingerprint density at radius 2 is 2.14 bits per heavy atom. The molecule has 2 aromatic rings. The van der Waals surface area contributed by atoms with E-state index in [0.717, 1.165) is 37.6 Å². The molecule has 0 radical (unpaired) electrons. The number of nitrogens with zero attached hydrogens (tertiary/aromatic N) is 5. The van der Waals surface area contributed by atoms with Gasteiger partial charge in [0, 0.05) is 31.4 Å². The van der Waals surface area contributed by atoms with Crippen LogP contribution < -0.4 is 0 Å². The molecule has 1 saturated heterocycles. The smallest absolute Gasteiger partial charge is 0.245 e. The summed E-state index contributed by atoms with van der Waals surface area (Å²) in [7, 11) is 0. The van der Waals surface area contributed by atoms with Gasteiger partial charge in [0.25, 0.3) is 0 Å². The zero-order valence-corrected chi connectivity index (χ0v) is 12.4. The van der Waals surface area contributed by atoms with Crippen LogP contribution >= 0.6 is 0 Å². The highest BCUT2D eigenvalue weighted by atomic mass is 16.2. The highest BCUT2D eigenvalue weighted by Gasteiger charge is 2.28. The molecule has 1 N–H and O–H groups in total. The van der Waals surface area contributed by atoms with E-state index < -0.39 is 0 Å². The van der Waals surface area contributed by atoms with Crippen molar-refractivity contribution in [1.82, 2.24) is 29.6 Å². The van der Waals surface area contributed by atoms with E-state index in [2.05, 4.69) is 20.2 Å². The summed E-state index contributed by atoms with van der Waals surface area (Å²) in [6.45, 7) is 5.38. The molecule has 7 heteroatoms. The summed E-state index contributed by atoms with van der Waals surface area (Å²) in [5.41, 5.74) is 0. The zero-order chi connectivity index (χ0) is 14.8. The van der Waals surface area contributed by atoms with Crippen LogP contribution in [0.3, 0.4) is 0 Å². The van der Waals surface area contributed by atoms with Crippen molar-refractivity contribution < 1.29 is 4.79 Å². The lowest BCUT2D eigenvalue weighted by atomic mass is 9.96. The lowest BCUT2D eigenvalue weighted by Crippen LogP contribution is -2.41. The van der Waals surface area contributed by atoms with E-state index in [9.17, 15) is 4.79 Å². The van der Waals surface area contributed by atoms with E-state index in [-0.39, 0.29) is 11.9 Å². The van der Waals surface area contributed by atoms with Crippen LogP contribution in [0.4, 0.5) is 0 Å². The third kappa shape index (κ3) is 2.68. The van der Waals surface area contributed by atoms with Crippen molar-refractivity contribution in [3.05, 3.63) is 30.4 Å². The van der Waals surface area contributed by atoms with Gasteiger partial charge < -0.3 is 9.47 Å². The summed E-state index contributed by atoms with van der Waals surface area (Å²) in [4.78, 5) is 22.9. The van der Waals surface area contributed by atoms with Crippen LogP contribution in [0.2, 0.25) is 0 Å². The molecule has 1 fully saturated rings. The Balaban J connectivity index is 1.61. The van der Waals surface area contributed by atoms with Crippen molar-refractivity contribution >= 4 is 5.91 Å². The van der Waals surface area contributed by atoms with E-state index in [4.69, 9.17) is 0 Å². The highest BCUT2D eigenvalue weighted by Crippen LogP contribution is 2.26. The van der Waals surface area contributed by atoms with Gasteiger partial charge in [-0.25, -0.2) is 9.97 Å². The van der Waals surface area contributed by atoms with Crippen LogP contribution in [0, 0.1) is 6.92 Å². The maximum atomic E-state index is 12.6. The third-order valence-electron chi connectivity index (χ3n) is 4.26. The van der Waals surface area contributed by atoms with Crippen LogP contribution in [0.15, 0.2) is 18.7 Å². The highest BCUT2D eigenvalue weighted by molar-refractivity contribution is 5.80. The summed E-state index contributed by atoms with van der Waals surface area (Å²) in [6, 6.07) is -0.200. The Labute approximate surface area is 123 Å². The number of carbonyl (C=O) groups excluding carboxylic acids is 1. The number of aromatic amines is 1. The Morgan fingerprint density at radius 1 is 1.38 bits per heavy atom. The quantitative estimate of drug-likeness (QED) is 0.922. The topological polar surface area (TPSA) is 79.7 Å². The van der Waals surface area contributed by atoms with Crippen molar-refractivity contribution in [3.63, 3.8) is 0 Å². The van der Waals surface area contributed by atoms with Crippen LogP contribution in [0.1, 0.15) is 43.4 Å². The van der Waals surface area contributed by atoms with Gasteiger partial charge in [-0.1, -0.05) is 0 Å². The van der Waals surface area contributed by atoms with E-state index in [0.29, 0.717) is 5.92 Å². The van der Waals surface area contributed by atoms with Crippen molar-refractivity contribution in [3.8, 4) is 0 Å². The summed E-state index contributed by atoms with van der Waals surface area (Å²) < 4.78 is 1.92. The molecular formula is C14H20N6O. The standard InChI is InChI=1S/C14H20N6O/c1-10(20-8-5-15-11(20)2)14(21)19-6-3-12(4-7-19)13-16-9-17-18-13/h5,8-10,12H,3-4,6-7H2,1-2H3,(H,16,17,18)/t10-/m0/s1. The molecule has 1 aliphatic rings. The minimum atomic E-state index is -0.200. The van der Waals surface area contributed by atoms with Gasteiger partial charge in [-0.05, 0) is 26.7 Å². The van der Waals surface area contributed by atoms with Crippen LogP contribution in [0.25, 0.3) is 0 Å². The first-order valence-electron chi connectivity index (χ1n) is 7.30. The average Bonchev–Trinajstić information content (AvgIpc) is 3.17. The van der Waals surface area contributed by atoms with Crippen molar-refractivity contribution in [2.75, 3.05) is 13.1 Å². The first-order valence-corrected chi connectivity index (χ1v) is 7.30. The fourth-order valence-electron chi connectivity index (χ4n) is 2.97. The Morgan fingerprint density at radius 3 is 2.71 bits per heavy atom. The summed E-state index contributed by atoms with van der Waals surface area (Å²) >= 11 is 0. The first kappa shape index (κ1) is 13.8. The predicted molar refractivity (Wildman–Crippen MR) is 76.6 cm³/mol. The molecule has 21 heavy (non-hydrogen) atoms. The van der Waals surface area contributed by atoms with E-state index >= 15 is 0 Å². The molecule has 112 valence electrons. The molecule has 2 aromatic heterocycles. The van der Waals surface area contributed by atoms with Gasteiger partial charge in [0.1, 0.15) is 24.0 Å². The molecule has 1 amide bonds. The van der Waals surface area contributed by atoms with Gasteiger partial charge in [-0.15, -0.1) is 0 Å². The van der Waals surface area contributed by atoms with E-state index in [1.165, 1.54) is 6.33 Å². The minimum absolute atomic E-state index is 0.159. The van der Waals surface area contributed by atoms with E-state index in [1.807, 2.05) is 29.5 Å². The molecular weight excluding hydrogens is 268 g/mol. The largest absolute Gasteiger partial charge is 0.341 e. The number of piperidine rings is 1. The SMILES string of the molecule is Cc1nccn1[C@@H](C)C(=O)N1CCC(c2ncn[nH]2)CC1. The van der Waals surface area contributed by atoms with Crippen molar-refractivity contribution in [2.45, 2.75) is 38.6 Å². The fourth-order valence-corrected chi connectivity index (χ4v) is 2.97. The lowest BCUT2D eigenvalue weighted by Gasteiger charge is -2.33. The lowest BCUT2D eigenvalue weighted by molar-refractivity contribution is -0.135. The summed E-state index contributed by atoms with van der Waals surface area (Å²) in [5, 5.41) is 6.82. The summed E-state index contributed by atoms with van der Waals surface area (Å²) in [6.07, 6.45) is 6.98. The van der Waals surface area contributed by atoms with Crippen molar-refractivity contribution in [2.24, 2.45) is 0 Å². The normalized spacial score (nSPS) is 17.9. The molecule has 0 unspecified atom stereocenters. The molecule has 7 nitrogen and oxygen atoms in total. The third-order valence-corrected chi connectivity index (χ3v) is 4.26. The zero-order valence-electron chi connectivity index (χ0n) is 12.4. The Kier molecular flexibility index (Phi) is 3.72. The van der Waals surface area contributed by atoms with Crippen LogP contribution in [-0.2, 0) is 4.79 Å². The van der Waals surface area contributed by atoms with E-state index in [1.54, 1.807) is 6.20 Å². The second-order valence-electron chi connectivity index (χ2n) is 5.53. The number of aryl methyl sites for hydroxylation is 1. The number of likely N-dealkylation sites (tertiary alicyclic amines) is 1. The molecule has 3 heterocycles. The van der Waals surface area contributed by atoms with Crippen molar-refractivity contribution in [1.29, 1.82) is 0 Å². The molecule has 0 spiro atoms. The average molecular weight is 288 g/mol. The van der Waals surface area contributed by atoms with Gasteiger partial charge in [0.2, 0.25) is 5.91 Å². The monoisotopic (exact) mass is 288 g/mol. The molecule has 0 bridgehead atoms. The molecule has 0 saturated carbocycles. The number of hydrogen-bond donors (Lipinski definition) is 1. The van der Waals surface area contributed by atoms with Crippen LogP contribution in [-0.4, -0.2) is 48.6 Å². The number of amides is 1. The van der Waals surface area contributed by atoms with Crippen LogP contribution in [0.5, 0.6) is 0 Å². The number of nitrogens with one attached hydrogen (secondary N) is 1. The van der Waals surface area contributed by atoms with Gasteiger partial charge in [-0.3, -0.25) is 9.89 Å². The second-order valence-corrected chi connectivity index (χ2v) is 5.53. The minimum Gasteiger partial charge on any atom is -0.341 e. The number of H-pyrrole nitrogens is 1. The Bertz CT molecular complexity index is 597. The number of hydrogen-bond acceptors (Lipinski definition) is 4. The van der Waals surface area contributed by atoms with Gasteiger partial charge in [-0.2, -0.15) is 5.10 Å².